The number of hydrogen-bond donors (Lipinski definition) is 2. The Labute approximate surface area is 129 Å². The van der Waals surface area contributed by atoms with E-state index in [1.54, 1.807) is 6.92 Å². The Balaban J connectivity index is 1.73. The molecular formula is C15H23N3O4. The molecule has 0 aliphatic heterocycles. The van der Waals surface area contributed by atoms with E-state index in [1.807, 2.05) is 0 Å². The Morgan fingerprint density at radius 1 is 1.32 bits per heavy atom. The number of amides is 1. The van der Waals surface area contributed by atoms with Gasteiger partial charge in [0.1, 0.15) is 0 Å². The molecule has 0 unspecified atom stereocenters. The molecule has 122 valence electrons. The van der Waals surface area contributed by atoms with Gasteiger partial charge in [0.05, 0.1) is 5.41 Å². The van der Waals surface area contributed by atoms with Crippen LogP contribution in [0.25, 0.3) is 0 Å². The van der Waals surface area contributed by atoms with Crippen molar-refractivity contribution in [1.82, 2.24) is 15.5 Å². The zero-order valence-electron chi connectivity index (χ0n) is 12.9. The Hall–Kier alpha value is -1.92. The van der Waals surface area contributed by atoms with Crippen molar-refractivity contribution < 1.29 is 19.2 Å². The summed E-state index contributed by atoms with van der Waals surface area (Å²) in [6.45, 7) is 1.97. The van der Waals surface area contributed by atoms with Crippen molar-refractivity contribution in [2.24, 2.45) is 5.41 Å². The highest BCUT2D eigenvalue weighted by atomic mass is 16.5. The van der Waals surface area contributed by atoms with E-state index in [4.69, 9.17) is 4.52 Å². The molecule has 0 saturated heterocycles. The maximum absolute atomic E-state index is 11.9. The molecule has 1 aromatic rings. The van der Waals surface area contributed by atoms with Crippen molar-refractivity contribution >= 4 is 11.9 Å². The van der Waals surface area contributed by atoms with Gasteiger partial charge in [0.2, 0.25) is 11.8 Å². The average Bonchev–Trinajstić information content (AvgIpc) is 2.91. The van der Waals surface area contributed by atoms with Crippen LogP contribution in [-0.4, -0.2) is 33.7 Å². The van der Waals surface area contributed by atoms with E-state index in [1.165, 1.54) is 0 Å². The van der Waals surface area contributed by atoms with E-state index in [0.717, 1.165) is 19.3 Å². The van der Waals surface area contributed by atoms with Gasteiger partial charge in [-0.2, -0.15) is 4.98 Å². The second kappa shape index (κ2) is 7.38. The highest BCUT2D eigenvalue weighted by Gasteiger charge is 2.39. The summed E-state index contributed by atoms with van der Waals surface area (Å²) >= 11 is 0. The summed E-state index contributed by atoms with van der Waals surface area (Å²) in [5.74, 6) is 0.191. The molecule has 1 aliphatic rings. The van der Waals surface area contributed by atoms with Crippen LogP contribution < -0.4 is 5.32 Å². The summed E-state index contributed by atoms with van der Waals surface area (Å²) in [7, 11) is 0. The molecule has 0 radical (unpaired) electrons. The van der Waals surface area contributed by atoms with E-state index < -0.39 is 11.4 Å². The fourth-order valence-electron chi connectivity index (χ4n) is 2.89. The van der Waals surface area contributed by atoms with Crippen molar-refractivity contribution in [2.75, 3.05) is 6.54 Å². The Morgan fingerprint density at radius 3 is 2.64 bits per heavy atom. The molecule has 0 atom stereocenters. The van der Waals surface area contributed by atoms with Crippen LogP contribution in [-0.2, 0) is 16.0 Å². The smallest absolute Gasteiger partial charge is 0.311 e. The van der Waals surface area contributed by atoms with E-state index in [2.05, 4.69) is 15.5 Å². The van der Waals surface area contributed by atoms with Crippen LogP contribution in [0.1, 0.15) is 56.7 Å². The van der Waals surface area contributed by atoms with Crippen LogP contribution in [0.2, 0.25) is 0 Å². The minimum Gasteiger partial charge on any atom is -0.481 e. The molecule has 0 bridgehead atoms. The normalized spacial score (nSPS) is 17.1. The van der Waals surface area contributed by atoms with Gasteiger partial charge in [-0.3, -0.25) is 9.59 Å². The summed E-state index contributed by atoms with van der Waals surface area (Å²) in [5.41, 5.74) is -0.780. The molecule has 7 heteroatoms. The second-order valence-corrected chi connectivity index (χ2v) is 6.01. The first-order valence-electron chi connectivity index (χ1n) is 7.81. The fraction of sp³-hybridized carbons (Fsp3) is 0.733. The van der Waals surface area contributed by atoms with E-state index in [0.29, 0.717) is 43.8 Å². The van der Waals surface area contributed by atoms with Crippen molar-refractivity contribution in [1.29, 1.82) is 0 Å². The summed E-state index contributed by atoms with van der Waals surface area (Å²) < 4.78 is 4.98. The van der Waals surface area contributed by atoms with Crippen LogP contribution in [0.5, 0.6) is 0 Å². The van der Waals surface area contributed by atoms with Gasteiger partial charge in [-0.15, -0.1) is 0 Å². The Bertz CT molecular complexity index is 521. The molecule has 1 saturated carbocycles. The number of hydrogen-bond acceptors (Lipinski definition) is 5. The largest absolute Gasteiger partial charge is 0.481 e. The van der Waals surface area contributed by atoms with Crippen molar-refractivity contribution in [3.8, 4) is 0 Å². The van der Waals surface area contributed by atoms with E-state index in [9.17, 15) is 14.7 Å². The number of aryl methyl sites for hydroxylation is 2. The van der Waals surface area contributed by atoms with Crippen LogP contribution in [0.15, 0.2) is 4.52 Å². The lowest BCUT2D eigenvalue weighted by molar-refractivity contribution is -0.151. The van der Waals surface area contributed by atoms with Gasteiger partial charge in [-0.1, -0.05) is 24.4 Å². The van der Waals surface area contributed by atoms with Gasteiger partial charge in [0.25, 0.3) is 0 Å². The summed E-state index contributed by atoms with van der Waals surface area (Å²) in [6, 6.07) is 0. The molecule has 0 spiro atoms. The lowest BCUT2D eigenvalue weighted by Crippen LogP contribution is -2.44. The fourth-order valence-corrected chi connectivity index (χ4v) is 2.89. The van der Waals surface area contributed by atoms with E-state index in [-0.39, 0.29) is 12.5 Å². The third kappa shape index (κ3) is 4.29. The number of carbonyl (C=O) groups is 2. The predicted octanol–water partition coefficient (Wildman–Crippen LogP) is 1.85. The monoisotopic (exact) mass is 309 g/mol. The quantitative estimate of drug-likeness (QED) is 0.796. The molecule has 1 aromatic heterocycles. The molecular weight excluding hydrogens is 286 g/mol. The van der Waals surface area contributed by atoms with Crippen LogP contribution in [0.4, 0.5) is 0 Å². The third-order valence-corrected chi connectivity index (χ3v) is 4.25. The first-order chi connectivity index (χ1) is 10.5. The van der Waals surface area contributed by atoms with Crippen LogP contribution >= 0.6 is 0 Å². The maximum atomic E-state index is 11.9. The number of carbonyl (C=O) groups excluding carboxylic acids is 1. The molecule has 2 rings (SSSR count). The van der Waals surface area contributed by atoms with Crippen LogP contribution in [0, 0.1) is 12.3 Å². The number of carboxylic acids is 1. The predicted molar refractivity (Wildman–Crippen MR) is 78.1 cm³/mol. The molecule has 1 heterocycles. The molecule has 1 aliphatic carbocycles. The summed E-state index contributed by atoms with van der Waals surface area (Å²) in [6.07, 6.45) is 5.68. The summed E-state index contributed by atoms with van der Waals surface area (Å²) in [4.78, 5) is 27.5. The molecule has 7 nitrogen and oxygen atoms in total. The van der Waals surface area contributed by atoms with Gasteiger partial charge in [-0.25, -0.2) is 0 Å². The number of carboxylic acid groups (broad SMARTS) is 1. The highest BCUT2D eigenvalue weighted by molar-refractivity contribution is 5.79. The molecule has 22 heavy (non-hydrogen) atoms. The van der Waals surface area contributed by atoms with E-state index >= 15 is 0 Å². The first kappa shape index (κ1) is 16.5. The van der Waals surface area contributed by atoms with Gasteiger partial charge < -0.3 is 14.9 Å². The number of aliphatic carboxylic acids is 1. The molecule has 1 fully saturated rings. The van der Waals surface area contributed by atoms with Gasteiger partial charge in [0.15, 0.2) is 5.82 Å². The van der Waals surface area contributed by atoms with Crippen molar-refractivity contribution in [3.05, 3.63) is 11.7 Å². The number of rotatable bonds is 7. The lowest BCUT2D eigenvalue weighted by Gasteiger charge is -2.33. The second-order valence-electron chi connectivity index (χ2n) is 6.01. The average molecular weight is 309 g/mol. The SMILES string of the molecule is Cc1noc(CCCC(=O)NCC2(C(=O)O)CCCCC2)n1. The Kier molecular flexibility index (Phi) is 5.51. The van der Waals surface area contributed by atoms with Gasteiger partial charge in [-0.05, 0) is 26.2 Å². The molecule has 1 amide bonds. The standard InChI is InChI=1S/C15H23N3O4/c1-11-17-13(22-18-11)7-5-6-12(19)16-10-15(14(20)21)8-3-2-4-9-15/h2-10H2,1H3,(H,16,19)(H,20,21). The van der Waals surface area contributed by atoms with Gasteiger partial charge in [0, 0.05) is 19.4 Å². The zero-order valence-corrected chi connectivity index (χ0v) is 12.9. The zero-order chi connectivity index (χ0) is 16.0. The third-order valence-electron chi connectivity index (χ3n) is 4.25. The highest BCUT2D eigenvalue weighted by Crippen LogP contribution is 2.36. The number of aromatic nitrogens is 2. The van der Waals surface area contributed by atoms with Crippen LogP contribution in [0.3, 0.4) is 0 Å². The first-order valence-corrected chi connectivity index (χ1v) is 7.81. The maximum Gasteiger partial charge on any atom is 0.311 e. The topological polar surface area (TPSA) is 105 Å². The summed E-state index contributed by atoms with van der Waals surface area (Å²) in [5, 5.41) is 15.9. The minimum absolute atomic E-state index is 0.123. The number of nitrogens with zero attached hydrogens (tertiary/aromatic N) is 2. The lowest BCUT2D eigenvalue weighted by atomic mass is 9.74. The molecule has 2 N–H and O–H groups in total. The van der Waals surface area contributed by atoms with Crippen molar-refractivity contribution in [3.63, 3.8) is 0 Å². The molecule has 0 aromatic carbocycles. The van der Waals surface area contributed by atoms with Gasteiger partial charge >= 0.3 is 5.97 Å². The van der Waals surface area contributed by atoms with Crippen molar-refractivity contribution in [2.45, 2.75) is 58.3 Å². The Morgan fingerprint density at radius 2 is 2.05 bits per heavy atom. The minimum atomic E-state index is -0.797. The number of nitrogens with one attached hydrogen (secondary N) is 1.